The zero-order valence-corrected chi connectivity index (χ0v) is 12.1. The van der Waals surface area contributed by atoms with Gasteiger partial charge in [-0.2, -0.15) is 4.99 Å². The van der Waals surface area contributed by atoms with E-state index in [2.05, 4.69) is 21.8 Å². The van der Waals surface area contributed by atoms with Crippen molar-refractivity contribution in [2.75, 3.05) is 11.4 Å². The van der Waals surface area contributed by atoms with Crippen LogP contribution in [0.15, 0.2) is 28.2 Å². The fourth-order valence-electron chi connectivity index (χ4n) is 2.54. The van der Waals surface area contributed by atoms with Crippen LogP contribution in [0.5, 0.6) is 0 Å². The third kappa shape index (κ3) is 3.84. The molecular weight excluding hydrogens is 271 g/mol. The molecule has 0 aliphatic carbocycles. The molecule has 0 spiro atoms. The quantitative estimate of drug-likeness (QED) is 0.566. The highest BCUT2D eigenvalue weighted by Crippen LogP contribution is 2.29. The summed E-state index contributed by atoms with van der Waals surface area (Å²) in [6.45, 7) is 2.98. The first kappa shape index (κ1) is 15.1. The van der Waals surface area contributed by atoms with Crippen LogP contribution >= 0.6 is 0 Å². The van der Waals surface area contributed by atoms with Gasteiger partial charge in [-0.05, 0) is 38.3 Å². The molecule has 1 aromatic rings. The second kappa shape index (κ2) is 6.43. The lowest BCUT2D eigenvalue weighted by atomic mass is 10.0. The fourth-order valence-corrected chi connectivity index (χ4v) is 2.54. The fraction of sp³-hybridized carbons (Fsp3) is 0.429. The first-order chi connectivity index (χ1) is 9.97. The second-order valence-electron chi connectivity index (χ2n) is 5.18. The lowest BCUT2D eigenvalue weighted by Gasteiger charge is -2.35. The third-order valence-corrected chi connectivity index (χ3v) is 3.53. The Morgan fingerprint density at radius 2 is 2.05 bits per heavy atom. The molecule has 1 heterocycles. The van der Waals surface area contributed by atoms with Gasteiger partial charge in [-0.15, -0.1) is 0 Å². The molecule has 1 aromatic carbocycles. The number of guanidine groups is 2. The average Bonchev–Trinajstić information content (AvgIpc) is 2.39. The van der Waals surface area contributed by atoms with Gasteiger partial charge in [0.15, 0.2) is 5.96 Å². The van der Waals surface area contributed by atoms with Gasteiger partial charge < -0.3 is 22.1 Å². The van der Waals surface area contributed by atoms with Gasteiger partial charge in [0.05, 0.1) is 11.4 Å². The molecule has 6 N–H and O–H groups in total. The van der Waals surface area contributed by atoms with E-state index < -0.39 is 0 Å². The molecule has 1 aliphatic heterocycles. The van der Waals surface area contributed by atoms with E-state index in [-0.39, 0.29) is 17.7 Å². The largest absolute Gasteiger partial charge is 0.370 e. The van der Waals surface area contributed by atoms with Gasteiger partial charge in [0.1, 0.15) is 5.82 Å². The van der Waals surface area contributed by atoms with Gasteiger partial charge in [-0.3, -0.25) is 0 Å². The molecule has 1 unspecified atom stereocenters. The van der Waals surface area contributed by atoms with E-state index in [1.807, 2.05) is 0 Å². The molecule has 21 heavy (non-hydrogen) atoms. The maximum absolute atomic E-state index is 14.3. The Hall–Kier alpha value is -2.31. The van der Waals surface area contributed by atoms with E-state index in [0.717, 1.165) is 19.4 Å². The van der Waals surface area contributed by atoms with Crippen LogP contribution in [0.1, 0.15) is 26.2 Å². The third-order valence-electron chi connectivity index (χ3n) is 3.53. The normalized spacial score (nSPS) is 19.4. The van der Waals surface area contributed by atoms with Gasteiger partial charge in [-0.25, -0.2) is 9.38 Å². The predicted octanol–water partition coefficient (Wildman–Crippen LogP) is 1.42. The predicted molar refractivity (Wildman–Crippen MR) is 84.2 cm³/mol. The Balaban J connectivity index is 2.23. The summed E-state index contributed by atoms with van der Waals surface area (Å²) in [7, 11) is 0. The molecule has 0 radical (unpaired) electrons. The number of benzene rings is 1. The van der Waals surface area contributed by atoms with Crippen LogP contribution in [0.3, 0.4) is 0 Å². The zero-order chi connectivity index (χ0) is 15.4. The SMILES string of the molecule is CC1CCCCN1c1ccc(N=C(N)N=C(N)N)cc1F. The molecule has 1 atom stereocenters. The number of nitrogens with two attached hydrogens (primary N) is 3. The molecule has 1 saturated heterocycles. The van der Waals surface area contributed by atoms with E-state index >= 15 is 0 Å². The molecule has 114 valence electrons. The van der Waals surface area contributed by atoms with E-state index in [1.54, 1.807) is 12.1 Å². The van der Waals surface area contributed by atoms with Crippen molar-refractivity contribution in [3.63, 3.8) is 0 Å². The minimum absolute atomic E-state index is 0.103. The van der Waals surface area contributed by atoms with Crippen molar-refractivity contribution in [1.29, 1.82) is 0 Å². The lowest BCUT2D eigenvalue weighted by molar-refractivity contribution is 0.476. The average molecular weight is 292 g/mol. The minimum atomic E-state index is -0.317. The number of anilines is 1. The van der Waals surface area contributed by atoms with Crippen LogP contribution < -0.4 is 22.1 Å². The maximum atomic E-state index is 14.3. The summed E-state index contributed by atoms with van der Waals surface area (Å²) in [5.74, 6) is -0.605. The number of hydrogen-bond donors (Lipinski definition) is 3. The topological polar surface area (TPSA) is 106 Å². The van der Waals surface area contributed by atoms with Crippen molar-refractivity contribution in [2.45, 2.75) is 32.2 Å². The smallest absolute Gasteiger partial charge is 0.223 e. The van der Waals surface area contributed by atoms with Crippen molar-refractivity contribution in [1.82, 2.24) is 0 Å². The summed E-state index contributed by atoms with van der Waals surface area (Å²) in [6.07, 6.45) is 3.36. The molecule has 1 aliphatic rings. The first-order valence-corrected chi connectivity index (χ1v) is 6.97. The molecular formula is C14H21FN6. The van der Waals surface area contributed by atoms with Gasteiger partial charge in [0.25, 0.3) is 0 Å². The summed E-state index contributed by atoms with van der Waals surface area (Å²) < 4.78 is 14.3. The highest BCUT2D eigenvalue weighted by Gasteiger charge is 2.21. The summed E-state index contributed by atoms with van der Waals surface area (Å²) >= 11 is 0. The van der Waals surface area contributed by atoms with Crippen LogP contribution in [0.25, 0.3) is 0 Å². The Kier molecular flexibility index (Phi) is 4.62. The molecule has 0 bridgehead atoms. The van der Waals surface area contributed by atoms with Crippen LogP contribution in [-0.4, -0.2) is 24.5 Å². The minimum Gasteiger partial charge on any atom is -0.370 e. The number of hydrogen-bond acceptors (Lipinski definition) is 2. The highest BCUT2D eigenvalue weighted by atomic mass is 19.1. The Labute approximate surface area is 123 Å². The Bertz CT molecular complexity index is 565. The molecule has 7 heteroatoms. The molecule has 2 rings (SSSR count). The number of nitrogens with zero attached hydrogens (tertiary/aromatic N) is 3. The van der Waals surface area contributed by atoms with Crippen LogP contribution in [0.4, 0.5) is 15.8 Å². The van der Waals surface area contributed by atoms with E-state index in [9.17, 15) is 4.39 Å². The van der Waals surface area contributed by atoms with E-state index in [1.165, 1.54) is 12.5 Å². The van der Waals surface area contributed by atoms with Crippen molar-refractivity contribution in [3.05, 3.63) is 24.0 Å². The van der Waals surface area contributed by atoms with E-state index in [0.29, 0.717) is 17.4 Å². The Morgan fingerprint density at radius 1 is 1.29 bits per heavy atom. The number of rotatable bonds is 2. The summed E-state index contributed by atoms with van der Waals surface area (Å²) in [5, 5.41) is 0. The van der Waals surface area contributed by atoms with Crippen LogP contribution in [-0.2, 0) is 0 Å². The lowest BCUT2D eigenvalue weighted by Crippen LogP contribution is -2.37. The van der Waals surface area contributed by atoms with Gasteiger partial charge in [0.2, 0.25) is 5.96 Å². The zero-order valence-electron chi connectivity index (χ0n) is 12.1. The van der Waals surface area contributed by atoms with Gasteiger partial charge >= 0.3 is 0 Å². The monoisotopic (exact) mass is 292 g/mol. The summed E-state index contributed by atoms with van der Waals surface area (Å²) in [5.41, 5.74) is 16.9. The van der Waals surface area contributed by atoms with E-state index in [4.69, 9.17) is 17.2 Å². The standard InChI is InChI=1S/C14H21FN6/c1-9-4-2-3-7-21(9)12-6-5-10(8-11(12)15)19-14(18)20-13(16)17/h5-6,8-9H,2-4,7H2,1H3,(H6,16,17,18,19,20). The van der Waals surface area contributed by atoms with Crippen molar-refractivity contribution >= 4 is 23.3 Å². The number of piperidine rings is 1. The van der Waals surface area contributed by atoms with Gasteiger partial charge in [0, 0.05) is 18.7 Å². The molecule has 0 amide bonds. The van der Waals surface area contributed by atoms with Crippen molar-refractivity contribution in [2.24, 2.45) is 27.2 Å². The summed E-state index contributed by atoms with van der Waals surface area (Å²) in [4.78, 5) is 9.64. The number of aliphatic imine (C=N–C) groups is 2. The van der Waals surface area contributed by atoms with Gasteiger partial charge in [-0.1, -0.05) is 0 Å². The second-order valence-corrected chi connectivity index (χ2v) is 5.18. The number of halogens is 1. The Morgan fingerprint density at radius 3 is 2.67 bits per heavy atom. The summed E-state index contributed by atoms with van der Waals surface area (Å²) in [6, 6.07) is 5.11. The highest BCUT2D eigenvalue weighted by molar-refractivity contribution is 5.93. The maximum Gasteiger partial charge on any atom is 0.223 e. The molecule has 1 fully saturated rings. The van der Waals surface area contributed by atoms with Crippen LogP contribution in [0, 0.1) is 5.82 Å². The molecule has 6 nitrogen and oxygen atoms in total. The van der Waals surface area contributed by atoms with Crippen molar-refractivity contribution < 1.29 is 4.39 Å². The first-order valence-electron chi connectivity index (χ1n) is 6.97. The molecule has 0 saturated carbocycles. The molecule has 0 aromatic heterocycles. The van der Waals surface area contributed by atoms with Crippen molar-refractivity contribution in [3.8, 4) is 0 Å². The van der Waals surface area contributed by atoms with Crippen LogP contribution in [0.2, 0.25) is 0 Å².